The number of carbonyl (C=O) groups is 1. The van der Waals surface area contributed by atoms with Crippen molar-refractivity contribution in [3.05, 3.63) is 65.5 Å². The third-order valence-corrected chi connectivity index (χ3v) is 5.51. The lowest BCUT2D eigenvalue weighted by atomic mass is 10.1. The highest BCUT2D eigenvalue weighted by Crippen LogP contribution is 2.17. The van der Waals surface area contributed by atoms with Gasteiger partial charge < -0.3 is 15.1 Å². The molecule has 0 atom stereocenters. The number of piperazine rings is 1. The predicted octanol–water partition coefficient (Wildman–Crippen LogP) is 3.01. The number of nitrogens with zero attached hydrogens (tertiary/aromatic N) is 4. The maximum Gasteiger partial charge on any atom is 0.253 e. The minimum atomic E-state index is -0.115. The molecule has 0 radical (unpaired) electrons. The van der Waals surface area contributed by atoms with Gasteiger partial charge in [-0.25, -0.2) is 4.98 Å². The number of anilines is 1. The van der Waals surface area contributed by atoms with Gasteiger partial charge in [-0.3, -0.25) is 9.78 Å². The van der Waals surface area contributed by atoms with E-state index < -0.39 is 0 Å². The number of pyridine rings is 2. The van der Waals surface area contributed by atoms with Gasteiger partial charge in [0.1, 0.15) is 5.82 Å². The Bertz CT molecular complexity index is 1010. The molecule has 6 heteroatoms. The molecule has 0 aliphatic carbocycles. The van der Waals surface area contributed by atoms with E-state index in [9.17, 15) is 4.79 Å². The number of likely N-dealkylation sites (N-methyl/N-ethyl adjacent to an activating group) is 1. The van der Waals surface area contributed by atoms with Gasteiger partial charge in [0, 0.05) is 50.5 Å². The number of amides is 1. The maximum absolute atomic E-state index is 12.6. The summed E-state index contributed by atoms with van der Waals surface area (Å²) in [5, 5.41) is 3.99. The fraction of sp³-hybridized carbons (Fsp3) is 0.348. The van der Waals surface area contributed by atoms with E-state index in [-0.39, 0.29) is 5.91 Å². The Balaban J connectivity index is 1.40. The van der Waals surface area contributed by atoms with E-state index in [2.05, 4.69) is 38.1 Å². The summed E-state index contributed by atoms with van der Waals surface area (Å²) in [6.45, 7) is 9.89. The van der Waals surface area contributed by atoms with Gasteiger partial charge in [-0.05, 0) is 49.4 Å². The Labute approximate surface area is 171 Å². The number of aryl methyl sites for hydroxylation is 1. The second kappa shape index (κ2) is 8.57. The van der Waals surface area contributed by atoms with E-state index in [0.717, 1.165) is 60.6 Å². The van der Waals surface area contributed by atoms with Crippen molar-refractivity contribution in [1.82, 2.24) is 20.2 Å². The van der Waals surface area contributed by atoms with Crippen molar-refractivity contribution in [3.8, 4) is 0 Å². The van der Waals surface area contributed by atoms with Crippen molar-refractivity contribution < 1.29 is 4.79 Å². The zero-order valence-corrected chi connectivity index (χ0v) is 17.1. The van der Waals surface area contributed by atoms with Crippen LogP contribution in [0.2, 0.25) is 0 Å². The van der Waals surface area contributed by atoms with E-state index in [0.29, 0.717) is 12.1 Å². The summed E-state index contributed by atoms with van der Waals surface area (Å²) in [5.74, 6) is 0.867. The van der Waals surface area contributed by atoms with Crippen LogP contribution in [0.15, 0.2) is 48.8 Å². The van der Waals surface area contributed by atoms with Gasteiger partial charge in [0.2, 0.25) is 0 Å². The first-order chi connectivity index (χ1) is 14.1. The highest BCUT2D eigenvalue weighted by Gasteiger charge is 2.17. The molecule has 29 heavy (non-hydrogen) atoms. The first-order valence-electron chi connectivity index (χ1n) is 10.2. The lowest BCUT2D eigenvalue weighted by molar-refractivity contribution is 0.0950. The Hall–Kier alpha value is -2.99. The van der Waals surface area contributed by atoms with Crippen molar-refractivity contribution in [3.63, 3.8) is 0 Å². The number of aromatic nitrogens is 2. The summed E-state index contributed by atoms with van der Waals surface area (Å²) < 4.78 is 0. The highest BCUT2D eigenvalue weighted by atomic mass is 16.1. The largest absolute Gasteiger partial charge is 0.354 e. The number of rotatable bonds is 5. The van der Waals surface area contributed by atoms with E-state index in [1.54, 1.807) is 6.20 Å². The number of nitrogens with one attached hydrogen (secondary N) is 1. The van der Waals surface area contributed by atoms with E-state index in [1.165, 1.54) is 0 Å². The molecule has 0 bridgehead atoms. The topological polar surface area (TPSA) is 61.4 Å². The van der Waals surface area contributed by atoms with Crippen molar-refractivity contribution in [2.45, 2.75) is 20.4 Å². The maximum atomic E-state index is 12.6. The number of hydrogen-bond acceptors (Lipinski definition) is 5. The van der Waals surface area contributed by atoms with Crippen LogP contribution in [0.5, 0.6) is 0 Å². The van der Waals surface area contributed by atoms with Gasteiger partial charge in [0.15, 0.2) is 0 Å². The van der Waals surface area contributed by atoms with Gasteiger partial charge >= 0.3 is 0 Å². The van der Waals surface area contributed by atoms with Crippen molar-refractivity contribution >= 4 is 22.6 Å². The summed E-state index contributed by atoms with van der Waals surface area (Å²) >= 11 is 0. The third-order valence-electron chi connectivity index (χ3n) is 5.51. The normalized spacial score (nSPS) is 14.9. The molecule has 150 valence electrons. The monoisotopic (exact) mass is 389 g/mol. The Morgan fingerprint density at radius 3 is 2.69 bits per heavy atom. The van der Waals surface area contributed by atoms with Crippen molar-refractivity contribution in [2.75, 3.05) is 37.6 Å². The number of fused-ring (bicyclic) bond motifs is 1. The van der Waals surface area contributed by atoms with E-state index in [4.69, 9.17) is 0 Å². The lowest BCUT2D eigenvalue weighted by Gasteiger charge is -2.34. The zero-order chi connectivity index (χ0) is 20.2. The first-order valence-corrected chi connectivity index (χ1v) is 10.2. The second-order valence-electron chi connectivity index (χ2n) is 7.55. The average Bonchev–Trinajstić information content (AvgIpc) is 2.77. The van der Waals surface area contributed by atoms with E-state index in [1.807, 2.05) is 43.5 Å². The molecule has 3 heterocycles. The molecular formula is C23H27N5O. The molecule has 0 saturated carbocycles. The van der Waals surface area contributed by atoms with Crippen LogP contribution in [0.4, 0.5) is 5.82 Å². The molecule has 0 unspecified atom stereocenters. The Morgan fingerprint density at radius 1 is 1.07 bits per heavy atom. The number of benzene rings is 1. The van der Waals surface area contributed by atoms with Crippen LogP contribution >= 0.6 is 0 Å². The number of carbonyl (C=O) groups excluding carboxylic acids is 1. The minimum Gasteiger partial charge on any atom is -0.354 e. The quantitative estimate of drug-likeness (QED) is 0.727. The van der Waals surface area contributed by atoms with Gasteiger partial charge in [0.05, 0.1) is 11.1 Å². The van der Waals surface area contributed by atoms with Crippen LogP contribution in [0.1, 0.15) is 28.4 Å². The first kappa shape index (κ1) is 19.3. The third kappa shape index (κ3) is 4.54. The molecule has 6 nitrogen and oxygen atoms in total. The van der Waals surface area contributed by atoms with Crippen LogP contribution in [0.25, 0.3) is 10.9 Å². The Kier molecular flexibility index (Phi) is 5.71. The molecule has 0 spiro atoms. The highest BCUT2D eigenvalue weighted by molar-refractivity contribution is 5.97. The summed E-state index contributed by atoms with van der Waals surface area (Å²) in [6, 6.07) is 12.0. The van der Waals surface area contributed by atoms with Crippen LogP contribution in [-0.4, -0.2) is 53.5 Å². The van der Waals surface area contributed by atoms with Crippen LogP contribution in [0, 0.1) is 6.92 Å². The molecular weight excluding hydrogens is 362 g/mol. The SMILES string of the molecule is CCN1CCN(c2cc(CNC(=O)c3cnc4ccc(C)cc4c3)ccn2)CC1. The summed E-state index contributed by atoms with van der Waals surface area (Å²) in [7, 11) is 0. The van der Waals surface area contributed by atoms with E-state index >= 15 is 0 Å². The molecule has 1 aromatic carbocycles. The van der Waals surface area contributed by atoms with Crippen molar-refractivity contribution in [2.24, 2.45) is 0 Å². The molecule has 1 amide bonds. The molecule has 1 aliphatic rings. The molecule has 4 rings (SSSR count). The standard InChI is InChI=1S/C23H27N5O/c1-3-27-8-10-28(11-9-27)22-13-18(6-7-24-22)15-26-23(29)20-14-19-12-17(2)4-5-21(19)25-16-20/h4-7,12-14,16H,3,8-11,15H2,1-2H3,(H,26,29). The fourth-order valence-corrected chi connectivity index (χ4v) is 3.70. The van der Waals surface area contributed by atoms with Crippen molar-refractivity contribution in [1.29, 1.82) is 0 Å². The summed E-state index contributed by atoms with van der Waals surface area (Å²) in [5.41, 5.74) is 3.67. The molecule has 1 fully saturated rings. The molecule has 3 aromatic rings. The average molecular weight is 390 g/mol. The fourth-order valence-electron chi connectivity index (χ4n) is 3.70. The smallest absolute Gasteiger partial charge is 0.253 e. The van der Waals surface area contributed by atoms with Gasteiger partial charge in [0.25, 0.3) is 5.91 Å². The predicted molar refractivity (Wildman–Crippen MR) is 116 cm³/mol. The van der Waals surface area contributed by atoms with Crippen LogP contribution in [-0.2, 0) is 6.54 Å². The van der Waals surface area contributed by atoms with Gasteiger partial charge in [-0.15, -0.1) is 0 Å². The molecule has 1 saturated heterocycles. The van der Waals surface area contributed by atoms with Crippen LogP contribution < -0.4 is 10.2 Å². The lowest BCUT2D eigenvalue weighted by Crippen LogP contribution is -2.46. The zero-order valence-electron chi connectivity index (χ0n) is 17.1. The summed E-state index contributed by atoms with van der Waals surface area (Å²) in [4.78, 5) is 26.3. The van der Waals surface area contributed by atoms with Crippen LogP contribution in [0.3, 0.4) is 0 Å². The molecule has 1 N–H and O–H groups in total. The molecule has 1 aliphatic heterocycles. The summed E-state index contributed by atoms with van der Waals surface area (Å²) in [6.07, 6.45) is 3.46. The molecule has 2 aromatic heterocycles. The minimum absolute atomic E-state index is 0.115. The van der Waals surface area contributed by atoms with Gasteiger partial charge in [-0.2, -0.15) is 0 Å². The Morgan fingerprint density at radius 2 is 1.90 bits per heavy atom. The van der Waals surface area contributed by atoms with Gasteiger partial charge in [-0.1, -0.05) is 18.6 Å². The number of hydrogen-bond donors (Lipinski definition) is 1. The second-order valence-corrected chi connectivity index (χ2v) is 7.55.